The highest BCUT2D eigenvalue weighted by atomic mass is 31.1. The van der Waals surface area contributed by atoms with Crippen molar-refractivity contribution in [1.29, 1.82) is 0 Å². The van der Waals surface area contributed by atoms with Crippen LogP contribution in [0.15, 0.2) is 0 Å². The Morgan fingerprint density at radius 3 is 1.29 bits per heavy atom. The first-order valence-electron chi connectivity index (χ1n) is 8.31. The van der Waals surface area contributed by atoms with Crippen LogP contribution in [0.5, 0.6) is 0 Å². The fraction of sp³-hybridized carbons (Fsp3) is 1.00. The molecule has 0 aromatic rings. The quantitative estimate of drug-likeness (QED) is 0.0626. The number of nitrogens with one attached hydrogen (secondary N) is 6. The smallest absolute Gasteiger partial charge is 0.329 e. The fourth-order valence-electron chi connectivity index (χ4n) is 1.55. The normalized spacial score (nSPS) is 11.1. The molecule has 0 aliphatic heterocycles. The highest BCUT2D eigenvalue weighted by Crippen LogP contribution is 2.18. The SMILES string of the molecule is NCCNCCNCCNO[P+](=O)ONCCNCCNCCN. The van der Waals surface area contributed by atoms with Gasteiger partial charge in [0, 0.05) is 83.1 Å². The lowest BCUT2D eigenvalue weighted by Gasteiger charge is -2.05. The van der Waals surface area contributed by atoms with Gasteiger partial charge in [-0.2, -0.15) is 0 Å². The Kier molecular flexibility index (Phi) is 20.5. The molecular weight excluding hydrogens is 335 g/mol. The molecule has 10 N–H and O–H groups in total. The van der Waals surface area contributed by atoms with E-state index in [1.807, 2.05) is 0 Å². The van der Waals surface area contributed by atoms with Crippen LogP contribution in [0.1, 0.15) is 0 Å². The number of hydrogen-bond donors (Lipinski definition) is 8. The topological polar surface area (TPSA) is 160 Å². The van der Waals surface area contributed by atoms with Crippen molar-refractivity contribution in [3.05, 3.63) is 0 Å². The van der Waals surface area contributed by atoms with E-state index in [1.54, 1.807) is 0 Å². The molecule has 144 valence electrons. The summed E-state index contributed by atoms with van der Waals surface area (Å²) in [5, 5.41) is 12.7. The lowest BCUT2D eigenvalue weighted by Crippen LogP contribution is -2.34. The van der Waals surface area contributed by atoms with Crippen LogP contribution in [-0.4, -0.2) is 78.5 Å². The van der Waals surface area contributed by atoms with Crippen LogP contribution in [-0.2, 0) is 13.8 Å². The van der Waals surface area contributed by atoms with Gasteiger partial charge in [0.25, 0.3) is 0 Å². The summed E-state index contributed by atoms with van der Waals surface area (Å²) in [4.78, 5) is 0. The van der Waals surface area contributed by atoms with Crippen molar-refractivity contribution in [2.75, 3.05) is 78.5 Å². The third kappa shape index (κ3) is 19.7. The first kappa shape index (κ1) is 23.7. The van der Waals surface area contributed by atoms with Gasteiger partial charge in [-0.15, -0.1) is 11.0 Å². The third-order valence-electron chi connectivity index (χ3n) is 2.69. The lowest BCUT2D eigenvalue weighted by molar-refractivity contribution is 0.118. The Morgan fingerprint density at radius 1 is 0.583 bits per heavy atom. The molecule has 11 nitrogen and oxygen atoms in total. The Balaban J connectivity index is 3.13. The summed E-state index contributed by atoms with van der Waals surface area (Å²) < 4.78 is 21.0. The van der Waals surface area contributed by atoms with Crippen LogP contribution in [0, 0.1) is 0 Å². The Labute approximate surface area is 145 Å². The van der Waals surface area contributed by atoms with E-state index < -0.39 is 8.25 Å². The van der Waals surface area contributed by atoms with E-state index >= 15 is 0 Å². The highest BCUT2D eigenvalue weighted by Gasteiger charge is 2.20. The predicted octanol–water partition coefficient (Wildman–Crippen LogP) is -3.04. The molecule has 0 unspecified atom stereocenters. The van der Waals surface area contributed by atoms with Crippen molar-refractivity contribution in [2.45, 2.75) is 0 Å². The summed E-state index contributed by atoms with van der Waals surface area (Å²) in [6.45, 7) is 8.73. The van der Waals surface area contributed by atoms with Crippen LogP contribution >= 0.6 is 8.25 Å². The van der Waals surface area contributed by atoms with Crippen LogP contribution in [0.3, 0.4) is 0 Å². The Hall–Kier alpha value is -0.300. The van der Waals surface area contributed by atoms with Gasteiger partial charge in [0.05, 0.1) is 0 Å². The number of rotatable bonds is 20. The second-order valence-corrected chi connectivity index (χ2v) is 5.58. The zero-order valence-electron chi connectivity index (χ0n) is 14.3. The molecule has 0 aromatic heterocycles. The van der Waals surface area contributed by atoms with Crippen LogP contribution in [0.25, 0.3) is 0 Å². The van der Waals surface area contributed by atoms with Gasteiger partial charge in [0.1, 0.15) is 0 Å². The maximum Gasteiger partial charge on any atom is 0.735 e. The minimum Gasteiger partial charge on any atom is -0.329 e. The summed E-state index contributed by atoms with van der Waals surface area (Å²) in [6.07, 6.45) is 0. The number of hydroxylamine groups is 2. The summed E-state index contributed by atoms with van der Waals surface area (Å²) in [6, 6.07) is 0. The minimum absolute atomic E-state index is 0.526. The lowest BCUT2D eigenvalue weighted by atomic mass is 10.5. The van der Waals surface area contributed by atoms with E-state index in [2.05, 4.69) is 32.2 Å². The van der Waals surface area contributed by atoms with Gasteiger partial charge >= 0.3 is 8.25 Å². The molecule has 0 saturated heterocycles. The molecule has 0 atom stereocenters. The fourth-order valence-corrected chi connectivity index (χ4v) is 1.98. The van der Waals surface area contributed by atoms with Gasteiger partial charge in [-0.1, -0.05) is 0 Å². The molecule has 0 saturated carbocycles. The Bertz CT molecular complexity index is 255. The third-order valence-corrected chi connectivity index (χ3v) is 3.24. The maximum absolute atomic E-state index is 11.4. The van der Waals surface area contributed by atoms with Crippen LogP contribution in [0.2, 0.25) is 0 Å². The van der Waals surface area contributed by atoms with Crippen molar-refractivity contribution in [2.24, 2.45) is 11.5 Å². The average molecular weight is 369 g/mol. The molecule has 0 bridgehead atoms. The second-order valence-electron chi connectivity index (χ2n) is 4.77. The standard InChI is InChI=1S/C12H34N8O3P/c13-1-3-15-5-7-17-9-11-19-22-24(21)23-20-12-10-18-8-6-16-4-2-14/h15-20H,1-14H2/q+1. The van der Waals surface area contributed by atoms with Gasteiger partial charge in [0.2, 0.25) is 0 Å². The van der Waals surface area contributed by atoms with E-state index in [-0.39, 0.29) is 0 Å². The molecule has 0 radical (unpaired) electrons. The molecule has 0 aliphatic rings. The molecule has 0 heterocycles. The molecule has 24 heavy (non-hydrogen) atoms. The number of nitrogens with two attached hydrogens (primary N) is 2. The van der Waals surface area contributed by atoms with Crippen molar-refractivity contribution < 1.29 is 13.8 Å². The number of hydrogen-bond acceptors (Lipinski definition) is 11. The predicted molar refractivity (Wildman–Crippen MR) is 95.4 cm³/mol. The summed E-state index contributed by atoms with van der Waals surface area (Å²) in [7, 11) is -2.23. The second kappa shape index (κ2) is 20.7. The molecule has 0 fully saturated rings. The molecule has 0 spiro atoms. The van der Waals surface area contributed by atoms with E-state index in [4.69, 9.17) is 20.7 Å². The monoisotopic (exact) mass is 369 g/mol. The zero-order valence-corrected chi connectivity index (χ0v) is 15.2. The Morgan fingerprint density at radius 2 is 0.917 bits per heavy atom. The van der Waals surface area contributed by atoms with Gasteiger partial charge in [-0.05, 0) is 9.25 Å². The van der Waals surface area contributed by atoms with Gasteiger partial charge in [0.15, 0.2) is 0 Å². The highest BCUT2D eigenvalue weighted by molar-refractivity contribution is 7.33. The zero-order chi connectivity index (χ0) is 17.7. The van der Waals surface area contributed by atoms with Gasteiger partial charge in [-0.3, -0.25) is 0 Å². The summed E-state index contributed by atoms with van der Waals surface area (Å²) >= 11 is 0. The largest absolute Gasteiger partial charge is 0.735 e. The molecule has 0 rings (SSSR count). The van der Waals surface area contributed by atoms with Crippen molar-refractivity contribution in [1.82, 2.24) is 32.2 Å². The van der Waals surface area contributed by atoms with E-state index in [0.29, 0.717) is 39.3 Å². The molecule has 0 aromatic carbocycles. The molecule has 0 aliphatic carbocycles. The van der Waals surface area contributed by atoms with Crippen LogP contribution < -0.4 is 43.7 Å². The summed E-state index contributed by atoms with van der Waals surface area (Å²) in [5.74, 6) is 0. The van der Waals surface area contributed by atoms with Gasteiger partial charge < -0.3 is 32.7 Å². The maximum atomic E-state index is 11.4. The van der Waals surface area contributed by atoms with Crippen molar-refractivity contribution in [3.63, 3.8) is 0 Å². The minimum atomic E-state index is -2.23. The van der Waals surface area contributed by atoms with Crippen LogP contribution in [0.4, 0.5) is 0 Å². The van der Waals surface area contributed by atoms with Gasteiger partial charge in [-0.25, -0.2) is 0 Å². The first-order valence-corrected chi connectivity index (χ1v) is 9.40. The molecule has 0 amide bonds. The van der Waals surface area contributed by atoms with E-state index in [0.717, 1.165) is 39.3 Å². The summed E-state index contributed by atoms with van der Waals surface area (Å²) in [5.41, 5.74) is 15.9. The first-order chi connectivity index (χ1) is 11.8. The van der Waals surface area contributed by atoms with E-state index in [1.165, 1.54) is 0 Å². The van der Waals surface area contributed by atoms with Crippen molar-refractivity contribution in [3.8, 4) is 0 Å². The van der Waals surface area contributed by atoms with Crippen molar-refractivity contribution >= 4 is 8.25 Å². The molecular formula is C12H34N8O3P+. The average Bonchev–Trinajstić information content (AvgIpc) is 2.59. The van der Waals surface area contributed by atoms with E-state index in [9.17, 15) is 4.57 Å². The molecule has 12 heteroatoms.